The number of hydrogen-bond acceptors (Lipinski definition) is 3. The van der Waals surface area contributed by atoms with E-state index in [1.165, 1.54) is 0 Å². The molecule has 38 valence electrons. The van der Waals surface area contributed by atoms with Crippen LogP contribution in [0.2, 0.25) is 0 Å². The second-order valence-electron chi connectivity index (χ2n) is 0.761. The molecule has 3 heteroatoms. The highest BCUT2D eigenvalue weighted by molar-refractivity contribution is 8.09. The Morgan fingerprint density at radius 1 is 1.33 bits per heavy atom. The fourth-order valence-corrected chi connectivity index (χ4v) is 1.16. The zero-order valence-electron chi connectivity index (χ0n) is 3.42. The van der Waals surface area contributed by atoms with E-state index < -0.39 is 0 Å². The molecule has 0 saturated carbocycles. The number of thiol groups is 2. The summed E-state index contributed by atoms with van der Waals surface area (Å²) in [6, 6.07) is 0. The van der Waals surface area contributed by atoms with Gasteiger partial charge in [0.05, 0.1) is 0 Å². The lowest BCUT2D eigenvalue weighted by molar-refractivity contribution is 1.57. The van der Waals surface area contributed by atoms with Gasteiger partial charge in [-0.2, -0.15) is 37.0 Å². The third-order valence-corrected chi connectivity index (χ3v) is 2.08. The van der Waals surface area contributed by atoms with Gasteiger partial charge in [0.25, 0.3) is 0 Å². The van der Waals surface area contributed by atoms with E-state index in [0.717, 1.165) is 16.6 Å². The SMILES string of the molecule is SCCSCS. The van der Waals surface area contributed by atoms with Crippen LogP contribution in [0, 0.1) is 0 Å². The van der Waals surface area contributed by atoms with E-state index in [9.17, 15) is 0 Å². The molecule has 0 heterocycles. The number of rotatable bonds is 3. The first kappa shape index (κ1) is 7.05. The van der Waals surface area contributed by atoms with E-state index in [2.05, 4.69) is 25.3 Å². The van der Waals surface area contributed by atoms with Gasteiger partial charge in [-0.1, -0.05) is 0 Å². The summed E-state index contributed by atoms with van der Waals surface area (Å²) in [5, 5.41) is 0.917. The van der Waals surface area contributed by atoms with Crippen molar-refractivity contribution >= 4 is 37.0 Å². The molecule has 0 amide bonds. The molecule has 0 N–H and O–H groups in total. The van der Waals surface area contributed by atoms with Crippen LogP contribution < -0.4 is 0 Å². The molecule has 0 nitrogen and oxygen atoms in total. The third kappa shape index (κ3) is 5.05. The fourth-order valence-electron chi connectivity index (χ4n) is 0.129. The molecule has 0 aromatic rings. The summed E-state index contributed by atoms with van der Waals surface area (Å²) in [5.74, 6) is 2.08. The lowest BCUT2D eigenvalue weighted by Gasteiger charge is -1.86. The molecule has 0 aliphatic rings. The van der Waals surface area contributed by atoms with Gasteiger partial charge in [-0.05, 0) is 5.75 Å². The fraction of sp³-hybridized carbons (Fsp3) is 1.00. The van der Waals surface area contributed by atoms with Crippen LogP contribution in [0.5, 0.6) is 0 Å². The van der Waals surface area contributed by atoms with E-state index in [4.69, 9.17) is 0 Å². The molecular formula is C3H8S3. The quantitative estimate of drug-likeness (QED) is 0.341. The van der Waals surface area contributed by atoms with Crippen molar-refractivity contribution in [1.82, 2.24) is 0 Å². The van der Waals surface area contributed by atoms with Crippen molar-refractivity contribution in [2.24, 2.45) is 0 Å². The maximum Gasteiger partial charge on any atom is 0.0362 e. The first-order valence-electron chi connectivity index (χ1n) is 1.71. The minimum atomic E-state index is 0.917. The van der Waals surface area contributed by atoms with Gasteiger partial charge >= 0.3 is 0 Å². The molecular weight excluding hydrogens is 132 g/mol. The Kier molecular flexibility index (Phi) is 7.11. The predicted octanol–water partition coefficient (Wildman–Crippen LogP) is 1.54. The topological polar surface area (TPSA) is 0 Å². The Hall–Kier alpha value is 1.05. The van der Waals surface area contributed by atoms with Gasteiger partial charge in [0, 0.05) is 10.8 Å². The van der Waals surface area contributed by atoms with Gasteiger partial charge in [0.1, 0.15) is 0 Å². The molecule has 0 fully saturated rings. The molecule has 0 aliphatic carbocycles. The lowest BCUT2D eigenvalue weighted by Crippen LogP contribution is -1.75. The summed E-state index contributed by atoms with van der Waals surface area (Å²) in [4.78, 5) is 0. The Balaban J connectivity index is 2.34. The minimum Gasteiger partial charge on any atom is -0.179 e. The van der Waals surface area contributed by atoms with Crippen LogP contribution in [-0.4, -0.2) is 16.6 Å². The monoisotopic (exact) mass is 140 g/mol. The molecule has 0 saturated heterocycles. The van der Waals surface area contributed by atoms with Crippen molar-refractivity contribution in [3.63, 3.8) is 0 Å². The molecule has 6 heavy (non-hydrogen) atoms. The minimum absolute atomic E-state index is 0.917. The largest absolute Gasteiger partial charge is 0.179 e. The van der Waals surface area contributed by atoms with Crippen LogP contribution in [0.4, 0.5) is 0 Å². The maximum atomic E-state index is 4.00. The summed E-state index contributed by atoms with van der Waals surface area (Å²) in [6.07, 6.45) is 0. The highest BCUT2D eigenvalue weighted by atomic mass is 32.2. The van der Waals surface area contributed by atoms with Gasteiger partial charge in [-0.15, -0.1) is 0 Å². The first-order chi connectivity index (χ1) is 2.91. The van der Waals surface area contributed by atoms with Gasteiger partial charge in [0.2, 0.25) is 0 Å². The molecule has 0 rings (SSSR count). The van der Waals surface area contributed by atoms with E-state index >= 15 is 0 Å². The van der Waals surface area contributed by atoms with Gasteiger partial charge in [-0.25, -0.2) is 0 Å². The summed E-state index contributed by atoms with van der Waals surface area (Å²) in [5.41, 5.74) is 0. The molecule has 0 atom stereocenters. The molecule has 0 radical (unpaired) electrons. The van der Waals surface area contributed by atoms with Crippen molar-refractivity contribution in [1.29, 1.82) is 0 Å². The Morgan fingerprint density at radius 2 is 2.00 bits per heavy atom. The summed E-state index contributed by atoms with van der Waals surface area (Å²) in [6.45, 7) is 0. The highest BCUT2D eigenvalue weighted by Gasteiger charge is 1.75. The van der Waals surface area contributed by atoms with Gasteiger partial charge < -0.3 is 0 Å². The predicted molar refractivity (Wildman–Crippen MR) is 40.2 cm³/mol. The molecule has 0 aromatic heterocycles. The Bertz CT molecular complexity index is 18.0. The van der Waals surface area contributed by atoms with Crippen LogP contribution in [0.25, 0.3) is 0 Å². The second-order valence-corrected chi connectivity index (χ2v) is 3.06. The van der Waals surface area contributed by atoms with Crippen molar-refractivity contribution in [3.8, 4) is 0 Å². The maximum absolute atomic E-state index is 4.00. The smallest absolute Gasteiger partial charge is 0.0362 e. The first-order valence-corrected chi connectivity index (χ1v) is 4.13. The Labute approximate surface area is 53.9 Å². The average molecular weight is 140 g/mol. The van der Waals surface area contributed by atoms with E-state index in [1.807, 2.05) is 0 Å². The highest BCUT2D eigenvalue weighted by Crippen LogP contribution is 2.00. The molecule has 0 aliphatic heterocycles. The molecule has 0 bridgehead atoms. The van der Waals surface area contributed by atoms with Crippen molar-refractivity contribution in [2.45, 2.75) is 0 Å². The Morgan fingerprint density at radius 3 is 2.17 bits per heavy atom. The van der Waals surface area contributed by atoms with Crippen LogP contribution in [-0.2, 0) is 0 Å². The van der Waals surface area contributed by atoms with Gasteiger partial charge in [-0.3, -0.25) is 0 Å². The van der Waals surface area contributed by atoms with Gasteiger partial charge in [0.15, 0.2) is 0 Å². The standard InChI is InChI=1S/C3H8S3/c4-1-2-6-3-5/h4-5H,1-3H2. The summed E-state index contributed by atoms with van der Waals surface area (Å²) >= 11 is 9.78. The zero-order chi connectivity index (χ0) is 4.83. The number of hydrogen-bond donors (Lipinski definition) is 2. The second kappa shape index (κ2) is 6.05. The van der Waals surface area contributed by atoms with Crippen molar-refractivity contribution in [3.05, 3.63) is 0 Å². The van der Waals surface area contributed by atoms with Crippen LogP contribution >= 0.6 is 37.0 Å². The summed E-state index contributed by atoms with van der Waals surface area (Å²) in [7, 11) is 0. The average Bonchev–Trinajstić information content (AvgIpc) is 1.61. The van der Waals surface area contributed by atoms with E-state index in [1.54, 1.807) is 11.8 Å². The van der Waals surface area contributed by atoms with Crippen LogP contribution in [0.1, 0.15) is 0 Å². The molecule has 0 aromatic carbocycles. The van der Waals surface area contributed by atoms with Crippen LogP contribution in [0.15, 0.2) is 0 Å². The van der Waals surface area contributed by atoms with E-state index in [0.29, 0.717) is 0 Å². The molecule has 0 spiro atoms. The van der Waals surface area contributed by atoms with E-state index in [-0.39, 0.29) is 0 Å². The normalized spacial score (nSPS) is 9.00. The molecule has 0 unspecified atom stereocenters. The lowest BCUT2D eigenvalue weighted by atomic mass is 11.0. The van der Waals surface area contributed by atoms with Crippen LogP contribution in [0.3, 0.4) is 0 Å². The van der Waals surface area contributed by atoms with Crippen molar-refractivity contribution < 1.29 is 0 Å². The third-order valence-electron chi connectivity index (χ3n) is 0.327. The van der Waals surface area contributed by atoms with Crippen molar-refractivity contribution in [2.75, 3.05) is 16.6 Å². The summed E-state index contributed by atoms with van der Waals surface area (Å²) < 4.78 is 0. The zero-order valence-corrected chi connectivity index (χ0v) is 6.03. The number of thioether (sulfide) groups is 1.